The molecule has 0 bridgehead atoms. The minimum absolute atomic E-state index is 0.380. The number of hydrogen-bond donors (Lipinski definition) is 1. The largest absolute Gasteiger partial charge is 0.496 e. The molecule has 0 atom stereocenters. The van der Waals surface area contributed by atoms with E-state index in [-0.39, 0.29) is 0 Å². The number of rotatable bonds is 4. The maximum Gasteiger partial charge on any atom is 0.124 e. The Balaban J connectivity index is 2.23. The minimum Gasteiger partial charge on any atom is -0.496 e. The van der Waals surface area contributed by atoms with Crippen molar-refractivity contribution in [1.82, 2.24) is 0 Å². The molecule has 0 unspecified atom stereocenters. The van der Waals surface area contributed by atoms with Crippen LogP contribution in [0.25, 0.3) is 0 Å². The Morgan fingerprint density at radius 1 is 1.31 bits per heavy atom. The van der Waals surface area contributed by atoms with E-state index in [1.54, 1.807) is 7.11 Å². The van der Waals surface area contributed by atoms with Crippen molar-refractivity contribution in [2.75, 3.05) is 25.1 Å². The maximum atomic E-state index is 5.26. The summed E-state index contributed by atoms with van der Waals surface area (Å²) in [6.07, 6.45) is 2.55. The topological polar surface area (TPSA) is 47.7 Å². The standard InChI is InChI=1S/C12H18N2O2/c1-15-12-5-4-11(8-10(12)9-16-13)14-6-2-3-7-14/h4-5,8H,2-3,6-7,9,13H2,1H3. The molecule has 88 valence electrons. The van der Waals surface area contributed by atoms with Crippen molar-refractivity contribution in [3.8, 4) is 5.75 Å². The van der Waals surface area contributed by atoms with Gasteiger partial charge in [-0.2, -0.15) is 0 Å². The predicted octanol–water partition coefficient (Wildman–Crippen LogP) is 1.69. The zero-order valence-electron chi connectivity index (χ0n) is 9.61. The van der Waals surface area contributed by atoms with Crippen LogP contribution in [0.2, 0.25) is 0 Å². The molecular weight excluding hydrogens is 204 g/mol. The fourth-order valence-electron chi connectivity index (χ4n) is 2.14. The van der Waals surface area contributed by atoms with E-state index in [2.05, 4.69) is 21.9 Å². The normalized spacial score (nSPS) is 15.5. The van der Waals surface area contributed by atoms with Crippen LogP contribution in [0.15, 0.2) is 18.2 Å². The molecule has 0 aliphatic carbocycles. The molecule has 2 rings (SSSR count). The molecule has 1 aromatic carbocycles. The number of hydrogen-bond acceptors (Lipinski definition) is 4. The van der Waals surface area contributed by atoms with Gasteiger partial charge in [0.1, 0.15) is 5.75 Å². The second-order valence-electron chi connectivity index (χ2n) is 4.00. The van der Waals surface area contributed by atoms with Crippen molar-refractivity contribution in [2.45, 2.75) is 19.4 Å². The molecule has 4 heteroatoms. The lowest BCUT2D eigenvalue weighted by molar-refractivity contribution is 0.122. The molecule has 0 amide bonds. The van der Waals surface area contributed by atoms with E-state index >= 15 is 0 Å². The summed E-state index contributed by atoms with van der Waals surface area (Å²) < 4.78 is 5.26. The SMILES string of the molecule is COc1ccc(N2CCCC2)cc1CON. The molecule has 4 nitrogen and oxygen atoms in total. The molecule has 0 saturated carbocycles. The number of methoxy groups -OCH3 is 1. The van der Waals surface area contributed by atoms with E-state index in [9.17, 15) is 0 Å². The highest BCUT2D eigenvalue weighted by molar-refractivity contribution is 5.53. The van der Waals surface area contributed by atoms with Gasteiger partial charge in [-0.25, -0.2) is 5.90 Å². The molecule has 0 radical (unpaired) electrons. The van der Waals surface area contributed by atoms with E-state index in [1.807, 2.05) is 6.07 Å². The number of nitrogens with zero attached hydrogens (tertiary/aromatic N) is 1. The quantitative estimate of drug-likeness (QED) is 0.787. The third-order valence-corrected chi connectivity index (χ3v) is 2.97. The Hall–Kier alpha value is -1.26. The molecule has 1 aromatic rings. The fourth-order valence-corrected chi connectivity index (χ4v) is 2.14. The summed E-state index contributed by atoms with van der Waals surface area (Å²) in [7, 11) is 1.66. The van der Waals surface area contributed by atoms with Crippen molar-refractivity contribution in [2.24, 2.45) is 5.90 Å². The molecule has 0 aromatic heterocycles. The number of nitrogens with two attached hydrogens (primary N) is 1. The van der Waals surface area contributed by atoms with Gasteiger partial charge in [0.2, 0.25) is 0 Å². The molecule has 1 aliphatic heterocycles. The van der Waals surface area contributed by atoms with Gasteiger partial charge >= 0.3 is 0 Å². The summed E-state index contributed by atoms with van der Waals surface area (Å²) in [5.41, 5.74) is 2.22. The lowest BCUT2D eigenvalue weighted by atomic mass is 10.1. The van der Waals surface area contributed by atoms with Gasteiger partial charge in [-0.05, 0) is 31.0 Å². The van der Waals surface area contributed by atoms with Crippen molar-refractivity contribution >= 4 is 5.69 Å². The van der Waals surface area contributed by atoms with Gasteiger partial charge in [0.15, 0.2) is 0 Å². The predicted molar refractivity (Wildman–Crippen MR) is 63.4 cm³/mol. The smallest absolute Gasteiger partial charge is 0.124 e. The molecule has 2 N–H and O–H groups in total. The van der Waals surface area contributed by atoms with Crippen LogP contribution in [-0.2, 0) is 11.4 Å². The molecule has 0 spiro atoms. The first-order valence-corrected chi connectivity index (χ1v) is 5.58. The van der Waals surface area contributed by atoms with Crippen molar-refractivity contribution in [1.29, 1.82) is 0 Å². The van der Waals surface area contributed by atoms with Gasteiger partial charge in [-0.15, -0.1) is 0 Å². The van der Waals surface area contributed by atoms with E-state index in [0.29, 0.717) is 6.61 Å². The zero-order chi connectivity index (χ0) is 11.4. The summed E-state index contributed by atoms with van der Waals surface area (Å²) in [5.74, 6) is 5.95. The third-order valence-electron chi connectivity index (χ3n) is 2.97. The first kappa shape index (κ1) is 11.2. The van der Waals surface area contributed by atoms with Crippen LogP contribution >= 0.6 is 0 Å². The van der Waals surface area contributed by atoms with Crippen LogP contribution in [0, 0.1) is 0 Å². The Labute approximate surface area is 95.9 Å². The van der Waals surface area contributed by atoms with Gasteiger partial charge in [0, 0.05) is 24.3 Å². The van der Waals surface area contributed by atoms with E-state index in [0.717, 1.165) is 24.4 Å². The van der Waals surface area contributed by atoms with Crippen LogP contribution in [-0.4, -0.2) is 20.2 Å². The van der Waals surface area contributed by atoms with Crippen LogP contribution in [0.1, 0.15) is 18.4 Å². The van der Waals surface area contributed by atoms with Gasteiger partial charge in [0.25, 0.3) is 0 Å². The second kappa shape index (κ2) is 5.18. The number of benzene rings is 1. The first-order chi connectivity index (χ1) is 7.85. The number of anilines is 1. The fraction of sp³-hybridized carbons (Fsp3) is 0.500. The van der Waals surface area contributed by atoms with E-state index in [1.165, 1.54) is 18.5 Å². The average Bonchev–Trinajstić information content (AvgIpc) is 2.83. The molecule has 16 heavy (non-hydrogen) atoms. The monoisotopic (exact) mass is 222 g/mol. The first-order valence-electron chi connectivity index (χ1n) is 5.58. The Morgan fingerprint density at radius 3 is 2.69 bits per heavy atom. The van der Waals surface area contributed by atoms with Gasteiger partial charge < -0.3 is 9.64 Å². The summed E-state index contributed by atoms with van der Waals surface area (Å²) in [6, 6.07) is 6.16. The van der Waals surface area contributed by atoms with Crippen LogP contribution in [0.3, 0.4) is 0 Å². The number of ether oxygens (including phenoxy) is 1. The molecule has 1 heterocycles. The Morgan fingerprint density at radius 2 is 2.06 bits per heavy atom. The molecular formula is C12H18N2O2. The summed E-state index contributed by atoms with van der Waals surface area (Å²) in [5, 5.41) is 0. The van der Waals surface area contributed by atoms with Gasteiger partial charge in [-0.3, -0.25) is 4.84 Å². The van der Waals surface area contributed by atoms with E-state index in [4.69, 9.17) is 10.6 Å². The van der Waals surface area contributed by atoms with Gasteiger partial charge in [-0.1, -0.05) is 0 Å². The second-order valence-corrected chi connectivity index (χ2v) is 4.00. The van der Waals surface area contributed by atoms with E-state index < -0.39 is 0 Å². The summed E-state index contributed by atoms with van der Waals surface area (Å²) >= 11 is 0. The molecule has 1 aliphatic rings. The van der Waals surface area contributed by atoms with Crippen molar-refractivity contribution < 1.29 is 9.57 Å². The summed E-state index contributed by atoms with van der Waals surface area (Å²) in [4.78, 5) is 7.06. The zero-order valence-corrected chi connectivity index (χ0v) is 9.61. The maximum absolute atomic E-state index is 5.26. The lowest BCUT2D eigenvalue weighted by Crippen LogP contribution is -2.17. The highest BCUT2D eigenvalue weighted by atomic mass is 16.6. The van der Waals surface area contributed by atoms with Gasteiger partial charge in [0.05, 0.1) is 13.7 Å². The lowest BCUT2D eigenvalue weighted by Gasteiger charge is -2.19. The Kier molecular flexibility index (Phi) is 3.64. The summed E-state index contributed by atoms with van der Waals surface area (Å²) in [6.45, 7) is 2.65. The Bertz CT molecular complexity index is 349. The highest BCUT2D eigenvalue weighted by Crippen LogP contribution is 2.27. The van der Waals surface area contributed by atoms with Crippen LogP contribution in [0.5, 0.6) is 5.75 Å². The average molecular weight is 222 g/mol. The third kappa shape index (κ3) is 2.28. The van der Waals surface area contributed by atoms with Crippen LogP contribution in [0.4, 0.5) is 5.69 Å². The molecule has 1 saturated heterocycles. The van der Waals surface area contributed by atoms with Crippen molar-refractivity contribution in [3.05, 3.63) is 23.8 Å². The van der Waals surface area contributed by atoms with Crippen molar-refractivity contribution in [3.63, 3.8) is 0 Å². The minimum atomic E-state index is 0.380. The molecule has 1 fully saturated rings. The highest BCUT2D eigenvalue weighted by Gasteiger charge is 2.14. The van der Waals surface area contributed by atoms with Crippen LogP contribution < -0.4 is 15.5 Å².